The lowest BCUT2D eigenvalue weighted by atomic mass is 9.57. The fraction of sp³-hybridized carbons (Fsp3) is 0.889. The van der Waals surface area contributed by atoms with Crippen LogP contribution in [0.15, 0.2) is 0 Å². The largest absolute Gasteiger partial charge is 0.390 e. The summed E-state index contributed by atoms with van der Waals surface area (Å²) in [5, 5.41) is 20.4. The molecule has 0 spiro atoms. The normalized spacial score (nSPS) is 53.8. The van der Waals surface area contributed by atoms with Crippen molar-refractivity contribution in [2.24, 2.45) is 28.9 Å². The first kappa shape index (κ1) is 14.2. The number of nitrogens with zero attached hydrogens (tertiary/aromatic N) is 2. The Kier molecular flexibility index (Phi) is 2.65. The second kappa shape index (κ2) is 4.29. The van der Waals surface area contributed by atoms with Crippen molar-refractivity contribution >= 4 is 5.91 Å². The summed E-state index contributed by atoms with van der Waals surface area (Å²) in [6.07, 6.45) is 7.50. The van der Waals surface area contributed by atoms with Gasteiger partial charge in [-0.25, -0.2) is 0 Å². The van der Waals surface area contributed by atoms with Crippen LogP contribution in [0.5, 0.6) is 0 Å². The van der Waals surface area contributed by atoms with Crippen LogP contribution in [0, 0.1) is 34.5 Å². The van der Waals surface area contributed by atoms with Crippen LogP contribution in [0.4, 0.5) is 0 Å². The van der Waals surface area contributed by atoms with Crippen molar-refractivity contribution in [3.05, 3.63) is 0 Å². The van der Waals surface area contributed by atoms with Gasteiger partial charge in [-0.3, -0.25) is 4.79 Å². The number of carbonyl (C=O) groups excluding carboxylic acids is 1. The molecule has 1 saturated heterocycles. The molecular weight excluding hydrogens is 290 g/mol. The molecule has 1 heterocycles. The van der Waals surface area contributed by atoms with Gasteiger partial charge in [0, 0.05) is 6.04 Å². The smallest absolute Gasteiger partial charge is 0.241 e. The second-order valence-corrected chi connectivity index (χ2v) is 9.06. The first-order valence-corrected chi connectivity index (χ1v) is 9.15. The number of rotatable bonds is 2. The van der Waals surface area contributed by atoms with Crippen molar-refractivity contribution < 1.29 is 9.90 Å². The van der Waals surface area contributed by atoms with E-state index in [1.165, 1.54) is 0 Å². The molecule has 5 nitrogen and oxygen atoms in total. The molecule has 23 heavy (non-hydrogen) atoms. The third-order valence-corrected chi connectivity index (χ3v) is 7.80. The second-order valence-electron chi connectivity index (χ2n) is 9.06. The quantitative estimate of drug-likeness (QED) is 0.800. The molecule has 0 aromatic rings. The van der Waals surface area contributed by atoms with Crippen molar-refractivity contribution in [2.45, 2.75) is 75.1 Å². The summed E-state index contributed by atoms with van der Waals surface area (Å²) < 4.78 is 0. The Morgan fingerprint density at radius 3 is 2.96 bits per heavy atom. The molecule has 5 rings (SSSR count). The van der Waals surface area contributed by atoms with E-state index in [0.29, 0.717) is 24.2 Å². The summed E-state index contributed by atoms with van der Waals surface area (Å²) in [6, 6.07) is 1.72. The molecule has 0 aromatic carbocycles. The molecule has 124 valence electrons. The third-order valence-electron chi connectivity index (χ3n) is 7.80. The molecule has 3 bridgehead atoms. The average molecular weight is 315 g/mol. The number of hydrogen-bond acceptors (Lipinski definition) is 4. The van der Waals surface area contributed by atoms with E-state index in [0.717, 1.165) is 44.9 Å². The zero-order valence-corrected chi connectivity index (χ0v) is 13.4. The number of likely N-dealkylation sites (tertiary alicyclic amines) is 1. The number of piperidine rings is 1. The van der Waals surface area contributed by atoms with E-state index in [9.17, 15) is 15.2 Å². The summed E-state index contributed by atoms with van der Waals surface area (Å²) in [7, 11) is 0. The number of nitriles is 1. The Bertz CT molecular complexity index is 616. The van der Waals surface area contributed by atoms with Crippen LogP contribution in [0.1, 0.15) is 51.4 Å². The maximum Gasteiger partial charge on any atom is 0.241 e. The van der Waals surface area contributed by atoms with Gasteiger partial charge in [0.2, 0.25) is 5.91 Å². The minimum Gasteiger partial charge on any atom is -0.390 e. The van der Waals surface area contributed by atoms with Gasteiger partial charge in [-0.05, 0) is 74.5 Å². The lowest BCUT2D eigenvalue weighted by molar-refractivity contribution is -0.146. The van der Waals surface area contributed by atoms with Gasteiger partial charge in [-0.15, -0.1) is 0 Å². The highest BCUT2D eigenvalue weighted by Crippen LogP contribution is 2.63. The molecule has 8 atom stereocenters. The molecule has 1 aliphatic heterocycles. The summed E-state index contributed by atoms with van der Waals surface area (Å²) in [6.45, 7) is 0. The molecular formula is C18H25N3O2. The van der Waals surface area contributed by atoms with Crippen LogP contribution in [0.2, 0.25) is 0 Å². The highest BCUT2D eigenvalue weighted by atomic mass is 16.3. The minimum absolute atomic E-state index is 0.0232. The molecule has 4 aliphatic carbocycles. The van der Waals surface area contributed by atoms with E-state index in [1.54, 1.807) is 4.90 Å². The predicted octanol–water partition coefficient (Wildman–Crippen LogP) is 1.16. The molecule has 0 aromatic heterocycles. The van der Waals surface area contributed by atoms with Gasteiger partial charge in [-0.2, -0.15) is 5.26 Å². The highest BCUT2D eigenvalue weighted by molar-refractivity contribution is 5.84. The molecule has 6 unspecified atom stereocenters. The van der Waals surface area contributed by atoms with Gasteiger partial charge in [0.15, 0.2) is 0 Å². The SMILES string of the molecule is N#C[C@@H]1CC2C[C@@H]2N1C(=O)C(N)C12CCC3CC(CC3(O)C1)C2. The van der Waals surface area contributed by atoms with Gasteiger partial charge in [0.25, 0.3) is 0 Å². The van der Waals surface area contributed by atoms with Crippen molar-refractivity contribution in [1.29, 1.82) is 5.26 Å². The number of aliphatic hydroxyl groups is 1. The maximum absolute atomic E-state index is 13.1. The monoisotopic (exact) mass is 315 g/mol. The van der Waals surface area contributed by atoms with Gasteiger partial charge in [0.05, 0.1) is 17.7 Å². The Morgan fingerprint density at radius 1 is 1.35 bits per heavy atom. The van der Waals surface area contributed by atoms with Crippen molar-refractivity contribution in [3.63, 3.8) is 0 Å². The average Bonchev–Trinajstić information content (AvgIpc) is 3.15. The van der Waals surface area contributed by atoms with Crippen LogP contribution in [0.25, 0.3) is 0 Å². The Balaban J connectivity index is 1.43. The predicted molar refractivity (Wildman–Crippen MR) is 82.8 cm³/mol. The third kappa shape index (κ3) is 1.77. The topological polar surface area (TPSA) is 90.4 Å². The number of carbonyl (C=O) groups is 1. The van der Waals surface area contributed by atoms with E-state index in [2.05, 4.69) is 6.07 Å². The van der Waals surface area contributed by atoms with E-state index < -0.39 is 11.6 Å². The van der Waals surface area contributed by atoms with E-state index in [1.807, 2.05) is 0 Å². The van der Waals surface area contributed by atoms with Crippen molar-refractivity contribution in [1.82, 2.24) is 4.90 Å². The molecule has 5 fully saturated rings. The lowest BCUT2D eigenvalue weighted by Gasteiger charge is -2.52. The molecule has 1 amide bonds. The van der Waals surface area contributed by atoms with Gasteiger partial charge >= 0.3 is 0 Å². The molecule has 4 saturated carbocycles. The summed E-state index contributed by atoms with van der Waals surface area (Å²) in [4.78, 5) is 14.9. The molecule has 3 N–H and O–H groups in total. The zero-order valence-electron chi connectivity index (χ0n) is 13.4. The molecule has 5 aliphatic rings. The summed E-state index contributed by atoms with van der Waals surface area (Å²) >= 11 is 0. The maximum atomic E-state index is 13.1. The molecule has 0 radical (unpaired) electrons. The first-order chi connectivity index (χ1) is 11.0. The first-order valence-electron chi connectivity index (χ1n) is 9.15. The van der Waals surface area contributed by atoms with Crippen LogP contribution in [-0.4, -0.2) is 39.6 Å². The summed E-state index contributed by atoms with van der Waals surface area (Å²) in [5.74, 6) is 1.44. The Labute approximate surface area is 136 Å². The number of amides is 1. The van der Waals surface area contributed by atoms with Crippen LogP contribution >= 0.6 is 0 Å². The fourth-order valence-corrected chi connectivity index (χ4v) is 6.74. The van der Waals surface area contributed by atoms with Gasteiger partial charge in [-0.1, -0.05) is 0 Å². The fourth-order valence-electron chi connectivity index (χ4n) is 6.74. The number of fused-ring (bicyclic) bond motifs is 3. The summed E-state index contributed by atoms with van der Waals surface area (Å²) in [5.41, 5.74) is 5.72. The molecule has 5 heteroatoms. The Hall–Kier alpha value is -1.12. The zero-order chi connectivity index (χ0) is 16.0. The number of hydrogen-bond donors (Lipinski definition) is 2. The van der Waals surface area contributed by atoms with Crippen LogP contribution in [-0.2, 0) is 4.79 Å². The van der Waals surface area contributed by atoms with E-state index in [-0.39, 0.29) is 23.4 Å². The van der Waals surface area contributed by atoms with Crippen LogP contribution in [0.3, 0.4) is 0 Å². The standard InChI is InChI=1S/C18H25N3O2/c19-8-13-4-11-5-14(11)21(13)16(22)15(20)17-2-1-12-3-10(6-17)7-18(12,23)9-17/h10-15,23H,1-7,9,20H2/t10?,11?,12?,13-,14-,15?,17?,18?/m0/s1. The van der Waals surface area contributed by atoms with E-state index >= 15 is 0 Å². The van der Waals surface area contributed by atoms with Crippen LogP contribution < -0.4 is 5.73 Å². The van der Waals surface area contributed by atoms with Gasteiger partial charge in [0.1, 0.15) is 6.04 Å². The minimum atomic E-state index is -0.583. The number of nitrogens with two attached hydrogens (primary N) is 1. The van der Waals surface area contributed by atoms with E-state index in [4.69, 9.17) is 5.73 Å². The highest BCUT2D eigenvalue weighted by Gasteiger charge is 2.63. The van der Waals surface area contributed by atoms with Gasteiger partial charge < -0.3 is 15.7 Å². The van der Waals surface area contributed by atoms with Crippen molar-refractivity contribution in [2.75, 3.05) is 0 Å². The lowest BCUT2D eigenvalue weighted by Crippen LogP contribution is -2.60. The Morgan fingerprint density at radius 2 is 2.17 bits per heavy atom. The van der Waals surface area contributed by atoms with Crippen molar-refractivity contribution in [3.8, 4) is 6.07 Å².